The normalized spacial score (nSPS) is 25.2. The maximum atomic E-state index is 12.8. The van der Waals surface area contributed by atoms with Crippen molar-refractivity contribution in [1.29, 1.82) is 0 Å². The largest absolute Gasteiger partial charge is 0.391 e. The topological polar surface area (TPSA) is 40.5 Å². The van der Waals surface area contributed by atoms with Gasteiger partial charge in [0.1, 0.15) is 0 Å². The van der Waals surface area contributed by atoms with E-state index in [1.165, 1.54) is 5.56 Å². The summed E-state index contributed by atoms with van der Waals surface area (Å²) in [5.41, 5.74) is 2.05. The monoisotopic (exact) mass is 259 g/mol. The van der Waals surface area contributed by atoms with Gasteiger partial charge in [-0.2, -0.15) is 0 Å². The van der Waals surface area contributed by atoms with Crippen LogP contribution in [-0.4, -0.2) is 35.1 Å². The minimum Gasteiger partial charge on any atom is -0.391 e. The molecule has 2 aliphatic rings. The molecule has 0 radical (unpaired) electrons. The molecule has 0 unspecified atom stereocenters. The van der Waals surface area contributed by atoms with Crippen LogP contribution in [0.25, 0.3) is 0 Å². The Morgan fingerprint density at radius 3 is 2.74 bits per heavy atom. The molecule has 3 heteroatoms. The SMILES string of the molecule is Cc1cccc(C2(C(=O)N3CC[C@H](O)C3)CCC2)c1. The molecular weight excluding hydrogens is 238 g/mol. The molecule has 1 aromatic carbocycles. The van der Waals surface area contributed by atoms with Gasteiger partial charge in [0.15, 0.2) is 0 Å². The number of aliphatic hydroxyl groups excluding tert-OH is 1. The first-order valence-corrected chi connectivity index (χ1v) is 7.16. The van der Waals surface area contributed by atoms with Crippen molar-refractivity contribution in [2.24, 2.45) is 0 Å². The molecule has 1 N–H and O–H groups in total. The van der Waals surface area contributed by atoms with E-state index in [4.69, 9.17) is 0 Å². The third-order valence-corrected chi connectivity index (χ3v) is 4.64. The van der Waals surface area contributed by atoms with Crippen LogP contribution in [0, 0.1) is 6.92 Å². The molecule has 3 nitrogen and oxygen atoms in total. The molecule has 0 bridgehead atoms. The molecule has 1 atom stereocenters. The van der Waals surface area contributed by atoms with Gasteiger partial charge in [-0.25, -0.2) is 0 Å². The minimum absolute atomic E-state index is 0.223. The lowest BCUT2D eigenvalue weighted by Crippen LogP contribution is -2.50. The number of carbonyl (C=O) groups is 1. The molecule has 102 valence electrons. The first-order chi connectivity index (χ1) is 9.12. The highest BCUT2D eigenvalue weighted by atomic mass is 16.3. The van der Waals surface area contributed by atoms with E-state index in [9.17, 15) is 9.90 Å². The third-order valence-electron chi connectivity index (χ3n) is 4.64. The van der Waals surface area contributed by atoms with Crippen molar-refractivity contribution >= 4 is 5.91 Å². The van der Waals surface area contributed by atoms with Crippen LogP contribution in [0.3, 0.4) is 0 Å². The zero-order valence-electron chi connectivity index (χ0n) is 11.4. The smallest absolute Gasteiger partial charge is 0.233 e. The first-order valence-electron chi connectivity index (χ1n) is 7.16. The van der Waals surface area contributed by atoms with Gasteiger partial charge in [0.05, 0.1) is 11.5 Å². The Morgan fingerprint density at radius 2 is 2.21 bits per heavy atom. The summed E-state index contributed by atoms with van der Waals surface area (Å²) in [6.45, 7) is 3.28. The van der Waals surface area contributed by atoms with Crippen molar-refractivity contribution in [3.8, 4) is 0 Å². The van der Waals surface area contributed by atoms with Gasteiger partial charge in [0.25, 0.3) is 0 Å². The summed E-state index contributed by atoms with van der Waals surface area (Å²) in [6, 6.07) is 8.33. The van der Waals surface area contributed by atoms with E-state index in [-0.39, 0.29) is 17.4 Å². The molecule has 0 aromatic heterocycles. The van der Waals surface area contributed by atoms with Crippen molar-refractivity contribution in [2.45, 2.75) is 44.1 Å². The number of carbonyl (C=O) groups excluding carboxylic acids is 1. The van der Waals surface area contributed by atoms with E-state index in [0.29, 0.717) is 13.1 Å². The minimum atomic E-state index is -0.335. The van der Waals surface area contributed by atoms with Gasteiger partial charge in [0.2, 0.25) is 5.91 Å². The van der Waals surface area contributed by atoms with Crippen molar-refractivity contribution in [3.63, 3.8) is 0 Å². The Morgan fingerprint density at radius 1 is 1.42 bits per heavy atom. The van der Waals surface area contributed by atoms with Crippen LogP contribution >= 0.6 is 0 Å². The van der Waals surface area contributed by atoms with Crippen LogP contribution in [0.1, 0.15) is 36.8 Å². The summed E-state index contributed by atoms with van der Waals surface area (Å²) in [4.78, 5) is 14.7. The predicted octanol–water partition coefficient (Wildman–Crippen LogP) is 2.01. The molecule has 3 rings (SSSR count). The molecule has 1 aromatic rings. The average molecular weight is 259 g/mol. The Labute approximate surface area is 114 Å². The van der Waals surface area contributed by atoms with E-state index in [1.807, 2.05) is 11.0 Å². The number of hydrogen-bond donors (Lipinski definition) is 1. The summed E-state index contributed by atoms with van der Waals surface area (Å²) in [5.74, 6) is 0.223. The van der Waals surface area contributed by atoms with Crippen molar-refractivity contribution in [1.82, 2.24) is 4.90 Å². The van der Waals surface area contributed by atoms with E-state index < -0.39 is 0 Å². The lowest BCUT2D eigenvalue weighted by atomic mass is 9.63. The maximum Gasteiger partial charge on any atom is 0.233 e. The zero-order valence-corrected chi connectivity index (χ0v) is 11.4. The summed E-state index contributed by atoms with van der Waals surface area (Å²) in [5, 5.41) is 9.63. The summed E-state index contributed by atoms with van der Waals surface area (Å²) >= 11 is 0. The fourth-order valence-electron chi connectivity index (χ4n) is 3.33. The van der Waals surface area contributed by atoms with Gasteiger partial charge in [-0.05, 0) is 31.7 Å². The third kappa shape index (κ3) is 2.06. The maximum absolute atomic E-state index is 12.8. The average Bonchev–Trinajstić information content (AvgIpc) is 2.74. The molecular formula is C16H21NO2. The second-order valence-electron chi connectivity index (χ2n) is 6.00. The number of nitrogens with zero attached hydrogens (tertiary/aromatic N) is 1. The van der Waals surface area contributed by atoms with Crippen molar-refractivity contribution in [2.75, 3.05) is 13.1 Å². The van der Waals surface area contributed by atoms with Gasteiger partial charge in [-0.3, -0.25) is 4.79 Å². The summed E-state index contributed by atoms with van der Waals surface area (Å²) < 4.78 is 0. The number of aryl methyl sites for hydroxylation is 1. The lowest BCUT2D eigenvalue weighted by Gasteiger charge is -2.43. The number of rotatable bonds is 2. The number of β-amino-alcohol motifs (C(OH)–C–C–N with tert-alkyl or cyclic N) is 1. The summed E-state index contributed by atoms with van der Waals surface area (Å²) in [7, 11) is 0. The number of hydrogen-bond acceptors (Lipinski definition) is 2. The highest BCUT2D eigenvalue weighted by Gasteiger charge is 2.48. The van der Waals surface area contributed by atoms with Gasteiger partial charge >= 0.3 is 0 Å². The standard InChI is InChI=1S/C16H21NO2/c1-12-4-2-5-13(10-12)16(7-3-8-16)15(19)17-9-6-14(18)11-17/h2,4-5,10,14,18H,3,6-9,11H2,1H3/t14-/m0/s1. The van der Waals surface area contributed by atoms with Gasteiger partial charge in [-0.15, -0.1) is 0 Å². The van der Waals surface area contributed by atoms with E-state index in [1.54, 1.807) is 0 Å². The van der Waals surface area contributed by atoms with Crippen LogP contribution in [0.5, 0.6) is 0 Å². The van der Waals surface area contributed by atoms with Gasteiger partial charge in [0, 0.05) is 13.1 Å². The quantitative estimate of drug-likeness (QED) is 0.882. The van der Waals surface area contributed by atoms with Crippen molar-refractivity contribution < 1.29 is 9.90 Å². The Balaban J connectivity index is 1.89. The molecule has 19 heavy (non-hydrogen) atoms. The van der Waals surface area contributed by atoms with E-state index in [0.717, 1.165) is 31.2 Å². The van der Waals surface area contributed by atoms with Gasteiger partial charge < -0.3 is 10.0 Å². The number of amides is 1. The molecule has 1 aliphatic heterocycles. The van der Waals surface area contributed by atoms with Crippen LogP contribution < -0.4 is 0 Å². The fraction of sp³-hybridized carbons (Fsp3) is 0.562. The molecule has 2 fully saturated rings. The van der Waals surface area contributed by atoms with Crippen molar-refractivity contribution in [3.05, 3.63) is 35.4 Å². The molecule has 1 saturated heterocycles. The van der Waals surface area contributed by atoms with E-state index >= 15 is 0 Å². The highest BCUT2D eigenvalue weighted by Crippen LogP contribution is 2.45. The summed E-state index contributed by atoms with van der Waals surface area (Å²) in [6.07, 6.45) is 3.40. The predicted molar refractivity (Wildman–Crippen MR) is 73.9 cm³/mol. The van der Waals surface area contributed by atoms with Crippen LogP contribution in [0.4, 0.5) is 0 Å². The number of aliphatic hydroxyl groups is 1. The van der Waals surface area contributed by atoms with Crippen LogP contribution in [0.15, 0.2) is 24.3 Å². The number of benzene rings is 1. The van der Waals surface area contributed by atoms with Crippen LogP contribution in [-0.2, 0) is 10.2 Å². The Kier molecular flexibility index (Phi) is 3.09. The highest BCUT2D eigenvalue weighted by molar-refractivity contribution is 5.89. The second-order valence-corrected chi connectivity index (χ2v) is 6.00. The fourth-order valence-corrected chi connectivity index (χ4v) is 3.33. The molecule has 1 amide bonds. The molecule has 1 aliphatic carbocycles. The second kappa shape index (κ2) is 4.64. The molecule has 1 saturated carbocycles. The van der Waals surface area contributed by atoms with Crippen LogP contribution in [0.2, 0.25) is 0 Å². The number of likely N-dealkylation sites (tertiary alicyclic amines) is 1. The lowest BCUT2D eigenvalue weighted by molar-refractivity contribution is -0.140. The Hall–Kier alpha value is -1.35. The first kappa shape index (κ1) is 12.7. The van der Waals surface area contributed by atoms with Gasteiger partial charge in [-0.1, -0.05) is 36.2 Å². The van der Waals surface area contributed by atoms with E-state index in [2.05, 4.69) is 25.1 Å². The molecule has 1 heterocycles. The Bertz CT molecular complexity index is 493. The zero-order chi connectivity index (χ0) is 13.5. The molecule has 0 spiro atoms.